The van der Waals surface area contributed by atoms with Crippen LogP contribution in [0.4, 0.5) is 11.4 Å². The summed E-state index contributed by atoms with van der Waals surface area (Å²) < 4.78 is 6.01. The van der Waals surface area contributed by atoms with Crippen molar-refractivity contribution in [2.75, 3.05) is 11.9 Å². The summed E-state index contributed by atoms with van der Waals surface area (Å²) in [5, 5.41) is 14.6. The van der Waals surface area contributed by atoms with Gasteiger partial charge in [-0.1, -0.05) is 24.4 Å². The molecule has 2 aliphatic rings. The number of nitrogens with one attached hydrogen (secondary N) is 1. The predicted molar refractivity (Wildman–Crippen MR) is 81.9 cm³/mol. The van der Waals surface area contributed by atoms with Gasteiger partial charge in [-0.05, 0) is 31.7 Å². The van der Waals surface area contributed by atoms with E-state index in [0.717, 1.165) is 38.0 Å². The number of nitro benzene ring substituents is 1. The lowest BCUT2D eigenvalue weighted by molar-refractivity contribution is -0.384. The van der Waals surface area contributed by atoms with Gasteiger partial charge in [-0.3, -0.25) is 10.1 Å². The van der Waals surface area contributed by atoms with E-state index >= 15 is 0 Å². The molecule has 6 heteroatoms. The van der Waals surface area contributed by atoms with E-state index in [4.69, 9.17) is 16.3 Å². The van der Waals surface area contributed by atoms with E-state index in [9.17, 15) is 10.1 Å². The molecular formula is C15H19ClN2O3. The number of hydrogen-bond donors (Lipinski definition) is 1. The molecule has 1 atom stereocenters. The number of ether oxygens (including phenoxy) is 1. The minimum Gasteiger partial charge on any atom is -0.381 e. The monoisotopic (exact) mass is 310 g/mol. The standard InChI is InChI=1S/C15H19ClN2O3/c16-13-9-12(18(19)20)3-4-14(13)17-11-5-8-21-15(10-11)6-1-2-7-15/h3-4,9,11,17H,1-2,5-8,10H2. The largest absolute Gasteiger partial charge is 0.381 e. The number of benzene rings is 1. The maximum Gasteiger partial charge on any atom is 0.271 e. The van der Waals surface area contributed by atoms with Crippen molar-refractivity contribution in [3.05, 3.63) is 33.3 Å². The number of hydrogen-bond acceptors (Lipinski definition) is 4. The van der Waals surface area contributed by atoms with Gasteiger partial charge >= 0.3 is 0 Å². The molecule has 114 valence electrons. The van der Waals surface area contributed by atoms with Gasteiger partial charge in [-0.15, -0.1) is 0 Å². The highest BCUT2D eigenvalue weighted by Crippen LogP contribution is 2.41. The van der Waals surface area contributed by atoms with Crippen molar-refractivity contribution in [2.24, 2.45) is 0 Å². The van der Waals surface area contributed by atoms with E-state index in [-0.39, 0.29) is 11.3 Å². The Balaban J connectivity index is 1.70. The molecule has 1 unspecified atom stereocenters. The summed E-state index contributed by atoms with van der Waals surface area (Å²) >= 11 is 6.15. The van der Waals surface area contributed by atoms with Crippen molar-refractivity contribution >= 4 is 23.0 Å². The van der Waals surface area contributed by atoms with Crippen molar-refractivity contribution < 1.29 is 9.66 Å². The molecule has 1 aliphatic heterocycles. The summed E-state index contributed by atoms with van der Waals surface area (Å²) in [6.45, 7) is 0.766. The first-order valence-electron chi connectivity index (χ1n) is 7.42. The Labute approximate surface area is 128 Å². The van der Waals surface area contributed by atoms with E-state index in [1.54, 1.807) is 6.07 Å². The smallest absolute Gasteiger partial charge is 0.271 e. The summed E-state index contributed by atoms with van der Waals surface area (Å²) in [7, 11) is 0. The molecule has 0 bridgehead atoms. The second kappa shape index (κ2) is 5.81. The fraction of sp³-hybridized carbons (Fsp3) is 0.600. The lowest BCUT2D eigenvalue weighted by atomic mass is 9.89. The highest BCUT2D eigenvalue weighted by molar-refractivity contribution is 6.33. The van der Waals surface area contributed by atoms with Crippen molar-refractivity contribution in [2.45, 2.75) is 50.2 Å². The molecule has 1 aromatic rings. The molecule has 1 saturated heterocycles. The van der Waals surface area contributed by atoms with Crippen LogP contribution in [0.3, 0.4) is 0 Å². The van der Waals surface area contributed by atoms with Crippen molar-refractivity contribution in [1.29, 1.82) is 0 Å². The highest BCUT2D eigenvalue weighted by atomic mass is 35.5. The average molecular weight is 311 g/mol. The third kappa shape index (κ3) is 3.14. The Hall–Kier alpha value is -1.33. The molecule has 2 fully saturated rings. The summed E-state index contributed by atoms with van der Waals surface area (Å²) in [6.07, 6.45) is 6.68. The quantitative estimate of drug-likeness (QED) is 0.672. The Morgan fingerprint density at radius 2 is 2.14 bits per heavy atom. The minimum absolute atomic E-state index is 0.0183. The number of halogens is 1. The van der Waals surface area contributed by atoms with Crippen LogP contribution in [-0.4, -0.2) is 23.2 Å². The van der Waals surface area contributed by atoms with Gasteiger partial charge in [0, 0.05) is 24.8 Å². The molecule has 5 nitrogen and oxygen atoms in total. The zero-order valence-corrected chi connectivity index (χ0v) is 12.6. The summed E-state index contributed by atoms with van der Waals surface area (Å²) in [5.74, 6) is 0. The van der Waals surface area contributed by atoms with Gasteiger partial charge in [0.1, 0.15) is 0 Å². The van der Waals surface area contributed by atoms with Crippen LogP contribution >= 0.6 is 11.6 Å². The summed E-state index contributed by atoms with van der Waals surface area (Å²) in [5.41, 5.74) is 0.829. The second-order valence-electron chi connectivity index (χ2n) is 5.99. The van der Waals surface area contributed by atoms with E-state index < -0.39 is 4.92 Å². The molecule has 0 radical (unpaired) electrons. The normalized spacial score (nSPS) is 24.1. The Bertz CT molecular complexity index is 544. The second-order valence-corrected chi connectivity index (χ2v) is 6.40. The number of rotatable bonds is 3. The van der Waals surface area contributed by atoms with Crippen molar-refractivity contribution in [1.82, 2.24) is 0 Å². The van der Waals surface area contributed by atoms with Crippen LogP contribution in [0.15, 0.2) is 18.2 Å². The molecule has 21 heavy (non-hydrogen) atoms. The Morgan fingerprint density at radius 3 is 2.81 bits per heavy atom. The van der Waals surface area contributed by atoms with E-state index in [1.807, 2.05) is 0 Å². The molecule has 3 rings (SSSR count). The molecule has 0 aromatic heterocycles. The van der Waals surface area contributed by atoms with Gasteiger partial charge in [-0.2, -0.15) is 0 Å². The molecule has 1 heterocycles. The highest BCUT2D eigenvalue weighted by Gasteiger charge is 2.39. The molecule has 1 spiro atoms. The SMILES string of the molecule is O=[N+]([O-])c1ccc(NC2CCOC3(CCCC3)C2)c(Cl)c1. The van der Waals surface area contributed by atoms with Gasteiger partial charge in [0.05, 0.1) is 21.2 Å². The van der Waals surface area contributed by atoms with Crippen LogP contribution in [0.25, 0.3) is 0 Å². The Morgan fingerprint density at radius 1 is 1.38 bits per heavy atom. The van der Waals surface area contributed by atoms with Gasteiger partial charge in [-0.25, -0.2) is 0 Å². The number of non-ortho nitro benzene ring substituents is 1. The zero-order valence-electron chi connectivity index (χ0n) is 11.8. The van der Waals surface area contributed by atoms with Crippen LogP contribution in [0.1, 0.15) is 38.5 Å². The third-order valence-corrected chi connectivity index (χ3v) is 4.84. The molecule has 1 saturated carbocycles. The first-order chi connectivity index (χ1) is 10.1. The van der Waals surface area contributed by atoms with Gasteiger partial charge in [0.2, 0.25) is 0 Å². The topological polar surface area (TPSA) is 64.4 Å². The predicted octanol–water partition coefficient (Wildman–Crippen LogP) is 4.15. The number of anilines is 1. The summed E-state index contributed by atoms with van der Waals surface area (Å²) in [6, 6.07) is 4.89. The fourth-order valence-corrected chi connectivity index (χ4v) is 3.70. The minimum atomic E-state index is -0.433. The molecule has 1 N–H and O–H groups in total. The first-order valence-corrected chi connectivity index (χ1v) is 7.80. The zero-order chi connectivity index (χ0) is 14.9. The van der Waals surface area contributed by atoms with Gasteiger partial charge in [0.15, 0.2) is 0 Å². The van der Waals surface area contributed by atoms with E-state index in [2.05, 4.69) is 5.32 Å². The van der Waals surface area contributed by atoms with Crippen molar-refractivity contribution in [3.8, 4) is 0 Å². The summed E-state index contributed by atoms with van der Waals surface area (Å²) in [4.78, 5) is 10.3. The van der Waals surface area contributed by atoms with Gasteiger partial charge < -0.3 is 10.1 Å². The van der Waals surface area contributed by atoms with E-state index in [0.29, 0.717) is 11.1 Å². The van der Waals surface area contributed by atoms with Crippen LogP contribution in [0.5, 0.6) is 0 Å². The Kier molecular flexibility index (Phi) is 4.04. The number of nitro groups is 1. The van der Waals surface area contributed by atoms with Crippen LogP contribution in [-0.2, 0) is 4.74 Å². The first kappa shape index (κ1) is 14.6. The van der Waals surface area contributed by atoms with Crippen LogP contribution < -0.4 is 5.32 Å². The fourth-order valence-electron chi connectivity index (χ4n) is 3.47. The lowest BCUT2D eigenvalue weighted by Gasteiger charge is -2.39. The van der Waals surface area contributed by atoms with Crippen molar-refractivity contribution in [3.63, 3.8) is 0 Å². The van der Waals surface area contributed by atoms with Crippen LogP contribution in [0, 0.1) is 10.1 Å². The van der Waals surface area contributed by atoms with Gasteiger partial charge in [0.25, 0.3) is 5.69 Å². The van der Waals surface area contributed by atoms with Crippen LogP contribution in [0.2, 0.25) is 5.02 Å². The number of nitrogens with zero attached hydrogens (tertiary/aromatic N) is 1. The maximum atomic E-state index is 10.7. The molecular weight excluding hydrogens is 292 g/mol. The third-order valence-electron chi connectivity index (χ3n) is 4.53. The molecule has 1 aliphatic carbocycles. The van der Waals surface area contributed by atoms with E-state index in [1.165, 1.54) is 25.0 Å². The molecule has 1 aromatic carbocycles. The average Bonchev–Trinajstić information content (AvgIpc) is 2.89. The lowest BCUT2D eigenvalue weighted by Crippen LogP contribution is -2.42. The maximum absolute atomic E-state index is 10.7. The molecule has 0 amide bonds.